The van der Waals surface area contributed by atoms with Gasteiger partial charge >= 0.3 is 16.2 Å². The number of nitrogens with one attached hydrogen (secondary N) is 2. The van der Waals surface area contributed by atoms with Crippen LogP contribution in [0.2, 0.25) is 0 Å². The molecule has 1 atom stereocenters. The molecule has 1 unspecified atom stereocenters. The molecule has 2 rings (SSSR count). The number of carboxylic acids is 1. The molecule has 1 saturated heterocycles. The highest BCUT2D eigenvalue weighted by Crippen LogP contribution is 2.23. The van der Waals surface area contributed by atoms with E-state index in [0.29, 0.717) is 19.3 Å². The van der Waals surface area contributed by atoms with E-state index in [1.807, 2.05) is 13.8 Å². The summed E-state index contributed by atoms with van der Waals surface area (Å²) in [5.74, 6) is -0.754. The summed E-state index contributed by atoms with van der Waals surface area (Å²) in [6.07, 6.45) is 1.69. The van der Waals surface area contributed by atoms with Gasteiger partial charge < -0.3 is 5.11 Å². The number of nitrogens with zero attached hydrogens (tertiary/aromatic N) is 2. The summed E-state index contributed by atoms with van der Waals surface area (Å²) in [6, 6.07) is 0.599. The molecule has 9 heteroatoms. The summed E-state index contributed by atoms with van der Waals surface area (Å²) in [4.78, 5) is 11.2. The van der Waals surface area contributed by atoms with Gasteiger partial charge in [0.2, 0.25) is 0 Å². The fourth-order valence-electron chi connectivity index (χ4n) is 2.31. The molecule has 0 radical (unpaired) electrons. The van der Waals surface area contributed by atoms with Crippen LogP contribution < -0.4 is 4.72 Å². The van der Waals surface area contributed by atoms with Crippen LogP contribution in [0.15, 0.2) is 6.07 Å². The predicted molar refractivity (Wildman–Crippen MR) is 77.2 cm³/mol. The van der Waals surface area contributed by atoms with E-state index < -0.39 is 22.2 Å². The number of H-pyrrole nitrogens is 1. The number of aliphatic carboxylic acids is 1. The van der Waals surface area contributed by atoms with Gasteiger partial charge in [0.1, 0.15) is 6.04 Å². The van der Waals surface area contributed by atoms with E-state index in [1.165, 1.54) is 0 Å². The Morgan fingerprint density at radius 1 is 1.52 bits per heavy atom. The standard InChI is InChI=1S/C12H20N4O4S/c1-8(2)9-7-11(14-13-9)15-21(19,20)16-6-4-3-5-10(16)12(17)18/h7-8,10H,3-6H2,1-2H3,(H,17,18)(H2,13,14,15). The first kappa shape index (κ1) is 15.8. The van der Waals surface area contributed by atoms with Crippen molar-refractivity contribution in [3.8, 4) is 0 Å². The minimum atomic E-state index is -3.92. The van der Waals surface area contributed by atoms with Crippen molar-refractivity contribution in [1.82, 2.24) is 14.5 Å². The molecule has 1 fully saturated rings. The first-order valence-corrected chi connectivity index (χ1v) is 8.33. The number of hydrogen-bond donors (Lipinski definition) is 3. The van der Waals surface area contributed by atoms with Gasteiger partial charge in [0, 0.05) is 18.3 Å². The Balaban J connectivity index is 2.17. The van der Waals surface area contributed by atoms with Crippen LogP contribution in [0.5, 0.6) is 0 Å². The molecule has 2 heterocycles. The van der Waals surface area contributed by atoms with Gasteiger partial charge in [-0.1, -0.05) is 13.8 Å². The average Bonchev–Trinajstić information content (AvgIpc) is 2.86. The highest BCUT2D eigenvalue weighted by atomic mass is 32.2. The lowest BCUT2D eigenvalue weighted by atomic mass is 10.1. The monoisotopic (exact) mass is 316 g/mol. The van der Waals surface area contributed by atoms with Crippen LogP contribution in [-0.2, 0) is 15.0 Å². The van der Waals surface area contributed by atoms with E-state index in [2.05, 4.69) is 14.9 Å². The van der Waals surface area contributed by atoms with Crippen LogP contribution in [0.1, 0.15) is 44.7 Å². The smallest absolute Gasteiger partial charge is 0.322 e. The zero-order chi connectivity index (χ0) is 15.6. The molecule has 0 amide bonds. The van der Waals surface area contributed by atoms with Gasteiger partial charge in [0.25, 0.3) is 0 Å². The third-order valence-electron chi connectivity index (χ3n) is 3.50. The fraction of sp³-hybridized carbons (Fsp3) is 0.667. The van der Waals surface area contributed by atoms with Gasteiger partial charge in [-0.25, -0.2) is 0 Å². The summed E-state index contributed by atoms with van der Waals surface area (Å²) in [5.41, 5.74) is 0.807. The first-order valence-electron chi connectivity index (χ1n) is 6.89. The second kappa shape index (κ2) is 6.02. The number of piperidine rings is 1. The van der Waals surface area contributed by atoms with Gasteiger partial charge in [-0.3, -0.25) is 14.6 Å². The van der Waals surface area contributed by atoms with Crippen molar-refractivity contribution < 1.29 is 18.3 Å². The zero-order valence-electron chi connectivity index (χ0n) is 12.0. The van der Waals surface area contributed by atoms with Gasteiger partial charge in [0.05, 0.1) is 0 Å². The average molecular weight is 316 g/mol. The Morgan fingerprint density at radius 2 is 2.24 bits per heavy atom. The van der Waals surface area contributed by atoms with E-state index >= 15 is 0 Å². The van der Waals surface area contributed by atoms with Crippen LogP contribution >= 0.6 is 0 Å². The van der Waals surface area contributed by atoms with Gasteiger partial charge in [-0.2, -0.15) is 17.8 Å². The number of aromatic nitrogens is 2. The Labute approximate surface area is 123 Å². The molecule has 8 nitrogen and oxygen atoms in total. The van der Waals surface area contributed by atoms with Crippen LogP contribution in [0.25, 0.3) is 0 Å². The lowest BCUT2D eigenvalue weighted by Crippen LogP contribution is -2.49. The molecule has 21 heavy (non-hydrogen) atoms. The van der Waals surface area contributed by atoms with E-state index in [9.17, 15) is 13.2 Å². The first-order chi connectivity index (χ1) is 9.81. The lowest BCUT2D eigenvalue weighted by Gasteiger charge is -2.31. The number of aromatic amines is 1. The predicted octanol–water partition coefficient (Wildman–Crippen LogP) is 1.13. The molecule has 118 valence electrons. The molecule has 1 aromatic heterocycles. The van der Waals surface area contributed by atoms with E-state index in [1.54, 1.807) is 6.07 Å². The number of anilines is 1. The number of carboxylic acid groups (broad SMARTS) is 1. The van der Waals surface area contributed by atoms with Gasteiger partial charge in [-0.05, 0) is 25.2 Å². The largest absolute Gasteiger partial charge is 0.480 e. The Bertz CT molecular complexity index is 611. The summed E-state index contributed by atoms with van der Waals surface area (Å²) in [6.45, 7) is 4.11. The van der Waals surface area contributed by atoms with Crippen molar-refractivity contribution in [2.24, 2.45) is 0 Å². The maximum atomic E-state index is 12.3. The van der Waals surface area contributed by atoms with Crippen LogP contribution in [0.3, 0.4) is 0 Å². The second-order valence-corrected chi connectivity index (χ2v) is 7.05. The van der Waals surface area contributed by atoms with Gasteiger partial charge in [0.15, 0.2) is 5.82 Å². The van der Waals surface area contributed by atoms with Crippen molar-refractivity contribution in [3.05, 3.63) is 11.8 Å². The number of carbonyl (C=O) groups is 1. The topological polar surface area (TPSA) is 115 Å². The zero-order valence-corrected chi connectivity index (χ0v) is 12.9. The van der Waals surface area contributed by atoms with E-state index in [0.717, 1.165) is 10.00 Å². The van der Waals surface area contributed by atoms with Crippen LogP contribution in [-0.4, -0.2) is 46.6 Å². The minimum absolute atomic E-state index is 0.174. The molecule has 0 aromatic carbocycles. The summed E-state index contributed by atoms with van der Waals surface area (Å²) < 4.78 is 28.0. The molecule has 3 N–H and O–H groups in total. The fourth-order valence-corrected chi connectivity index (χ4v) is 3.70. The third-order valence-corrected chi connectivity index (χ3v) is 5.02. The van der Waals surface area contributed by atoms with Crippen molar-refractivity contribution in [2.45, 2.75) is 45.1 Å². The van der Waals surface area contributed by atoms with Crippen molar-refractivity contribution in [3.63, 3.8) is 0 Å². The Hall–Kier alpha value is -1.61. The maximum Gasteiger partial charge on any atom is 0.322 e. The molecule has 0 bridgehead atoms. The van der Waals surface area contributed by atoms with Gasteiger partial charge in [-0.15, -0.1) is 0 Å². The quantitative estimate of drug-likeness (QED) is 0.753. The molecule has 0 aliphatic carbocycles. The van der Waals surface area contributed by atoms with Crippen LogP contribution in [0, 0.1) is 0 Å². The van der Waals surface area contributed by atoms with Crippen molar-refractivity contribution in [1.29, 1.82) is 0 Å². The molecule has 0 saturated carbocycles. The number of rotatable bonds is 5. The highest BCUT2D eigenvalue weighted by molar-refractivity contribution is 7.90. The lowest BCUT2D eigenvalue weighted by molar-refractivity contribution is -0.142. The maximum absolute atomic E-state index is 12.3. The SMILES string of the molecule is CC(C)c1cc(NS(=O)(=O)N2CCCCC2C(=O)O)n[nH]1. The normalized spacial score (nSPS) is 20.6. The third kappa shape index (κ3) is 3.53. The molecular formula is C12H20N4O4S. The highest BCUT2D eigenvalue weighted by Gasteiger charge is 2.37. The van der Waals surface area contributed by atoms with Crippen molar-refractivity contribution >= 4 is 22.0 Å². The van der Waals surface area contributed by atoms with Crippen molar-refractivity contribution in [2.75, 3.05) is 11.3 Å². The molecule has 1 aliphatic heterocycles. The minimum Gasteiger partial charge on any atom is -0.480 e. The van der Waals surface area contributed by atoms with Crippen LogP contribution in [0.4, 0.5) is 5.82 Å². The molecule has 1 aromatic rings. The molecular weight excluding hydrogens is 296 g/mol. The Morgan fingerprint density at radius 3 is 2.81 bits per heavy atom. The summed E-state index contributed by atoms with van der Waals surface area (Å²) in [7, 11) is -3.92. The number of hydrogen-bond acceptors (Lipinski definition) is 4. The molecule has 0 spiro atoms. The van der Waals surface area contributed by atoms with E-state index in [4.69, 9.17) is 5.11 Å². The molecule has 1 aliphatic rings. The summed E-state index contributed by atoms with van der Waals surface area (Å²) >= 11 is 0. The van der Waals surface area contributed by atoms with E-state index in [-0.39, 0.29) is 18.3 Å². The summed E-state index contributed by atoms with van der Waals surface area (Å²) in [5, 5.41) is 15.8. The Kier molecular flexibility index (Phi) is 4.52. The second-order valence-electron chi connectivity index (χ2n) is 5.43.